The lowest BCUT2D eigenvalue weighted by Crippen LogP contribution is -2.35. The van der Waals surface area contributed by atoms with Crippen molar-refractivity contribution in [2.24, 2.45) is 24.9 Å². The second-order valence-corrected chi connectivity index (χ2v) is 14.5. The van der Waals surface area contributed by atoms with Gasteiger partial charge in [0.1, 0.15) is 5.82 Å². The monoisotopic (exact) mass is 588 g/mol. The molecule has 0 unspecified atom stereocenters. The van der Waals surface area contributed by atoms with E-state index < -0.39 is 17.6 Å². The van der Waals surface area contributed by atoms with Crippen LogP contribution in [0.15, 0.2) is 27.8 Å². The first-order chi connectivity index (χ1) is 19.3. The van der Waals surface area contributed by atoms with E-state index in [4.69, 9.17) is 0 Å². The number of rotatable bonds is 2. The lowest BCUT2D eigenvalue weighted by atomic mass is 9.70. The minimum absolute atomic E-state index is 0.0549. The van der Waals surface area contributed by atoms with Crippen LogP contribution in [0.3, 0.4) is 0 Å². The van der Waals surface area contributed by atoms with Crippen molar-refractivity contribution in [3.05, 3.63) is 78.4 Å². The molecule has 228 valence electrons. The highest BCUT2D eigenvalue weighted by molar-refractivity contribution is 5.46. The zero-order chi connectivity index (χ0) is 30.9. The number of aromatic nitrogens is 4. The normalized spacial score (nSPS) is 29.4. The molecule has 0 amide bonds. The smallest absolute Gasteiger partial charge is 0.291 e. The summed E-state index contributed by atoms with van der Waals surface area (Å²) in [5.74, 6) is -0.365. The molecule has 10 heteroatoms. The number of alkyl halides is 3. The fraction of sp³-hybridized carbons (Fsp3) is 0.625. The molecule has 1 N–H and O–H groups in total. The minimum Gasteiger partial charge on any atom is -0.291 e. The topological polar surface area (TPSA) is 64.7 Å². The van der Waals surface area contributed by atoms with Gasteiger partial charge in [-0.1, -0.05) is 47.6 Å². The third-order valence-electron chi connectivity index (χ3n) is 12.4. The Labute approximate surface area is 242 Å². The summed E-state index contributed by atoms with van der Waals surface area (Å²) in [5, 5.41) is 2.90. The number of aryl methyl sites for hydroxylation is 1. The van der Waals surface area contributed by atoms with Crippen molar-refractivity contribution >= 4 is 0 Å². The van der Waals surface area contributed by atoms with Crippen LogP contribution in [0.25, 0.3) is 0 Å². The quantitative estimate of drug-likeness (QED) is 0.350. The van der Waals surface area contributed by atoms with E-state index in [1.54, 1.807) is 11.7 Å². The van der Waals surface area contributed by atoms with Gasteiger partial charge >= 0.3 is 6.18 Å². The van der Waals surface area contributed by atoms with Gasteiger partial charge in [-0.3, -0.25) is 24.1 Å². The summed E-state index contributed by atoms with van der Waals surface area (Å²) in [7, 11) is 3.70. The molecule has 6 nitrogen and oxygen atoms in total. The van der Waals surface area contributed by atoms with E-state index in [2.05, 4.69) is 46.6 Å². The zero-order valence-electron chi connectivity index (χ0n) is 25.6. The molecular formula is C32H40F4N4O2. The highest BCUT2D eigenvalue weighted by Gasteiger charge is 2.63. The van der Waals surface area contributed by atoms with Crippen LogP contribution in [-0.2, 0) is 37.6 Å². The van der Waals surface area contributed by atoms with Crippen LogP contribution in [0, 0.1) is 16.6 Å². The van der Waals surface area contributed by atoms with E-state index in [0.29, 0.717) is 12.0 Å². The van der Waals surface area contributed by atoms with E-state index in [1.807, 2.05) is 11.7 Å². The van der Waals surface area contributed by atoms with E-state index in [0.717, 1.165) is 41.8 Å². The summed E-state index contributed by atoms with van der Waals surface area (Å²) >= 11 is 0. The molecule has 3 aromatic rings. The fourth-order valence-corrected chi connectivity index (χ4v) is 9.34. The molecule has 2 saturated carbocycles. The molecule has 2 fully saturated rings. The maximum atomic E-state index is 13.4. The zero-order valence-corrected chi connectivity index (χ0v) is 25.6. The second-order valence-electron chi connectivity index (χ2n) is 14.5. The van der Waals surface area contributed by atoms with Gasteiger partial charge < -0.3 is 0 Å². The number of nitrogens with zero attached hydrogens (tertiary/aromatic N) is 3. The molecule has 4 aliphatic rings. The summed E-state index contributed by atoms with van der Waals surface area (Å²) in [4.78, 5) is 25.0. The molecular weight excluding hydrogens is 548 g/mol. The first-order valence-corrected chi connectivity index (χ1v) is 14.7. The van der Waals surface area contributed by atoms with E-state index in [9.17, 15) is 27.2 Å². The lowest BCUT2D eigenvalue weighted by Gasteiger charge is -2.36. The lowest BCUT2D eigenvalue weighted by molar-refractivity contribution is -0.138. The largest absolute Gasteiger partial charge is 0.416 e. The maximum Gasteiger partial charge on any atom is 0.416 e. The van der Waals surface area contributed by atoms with Gasteiger partial charge in [0.15, 0.2) is 0 Å². The molecule has 4 atom stereocenters. The number of aromatic amines is 1. The van der Waals surface area contributed by atoms with Crippen LogP contribution in [0.2, 0.25) is 0 Å². The molecule has 0 radical (unpaired) electrons. The Balaban J connectivity index is 0.000000177. The van der Waals surface area contributed by atoms with Gasteiger partial charge in [0.25, 0.3) is 11.1 Å². The summed E-state index contributed by atoms with van der Waals surface area (Å²) in [5.41, 5.74) is 2.95. The number of nitrogens with one attached hydrogen (secondary N) is 1. The molecule has 7 rings (SSSR count). The Bertz CT molecular complexity index is 1740. The van der Waals surface area contributed by atoms with Crippen LogP contribution in [0.1, 0.15) is 113 Å². The first kappa shape index (κ1) is 29.1. The van der Waals surface area contributed by atoms with Crippen molar-refractivity contribution < 1.29 is 17.6 Å². The predicted octanol–water partition coefficient (Wildman–Crippen LogP) is 6.46. The summed E-state index contributed by atoms with van der Waals surface area (Å²) in [6.45, 7) is 13.2. The van der Waals surface area contributed by atoms with Crippen LogP contribution in [-0.4, -0.2) is 19.1 Å². The van der Waals surface area contributed by atoms with E-state index >= 15 is 0 Å². The van der Waals surface area contributed by atoms with Crippen LogP contribution in [0.5, 0.6) is 0 Å². The third-order valence-corrected chi connectivity index (χ3v) is 12.4. The predicted molar refractivity (Wildman–Crippen MR) is 152 cm³/mol. The Morgan fingerprint density at radius 3 is 1.95 bits per heavy atom. The van der Waals surface area contributed by atoms with Crippen molar-refractivity contribution in [2.75, 3.05) is 0 Å². The average molecular weight is 589 g/mol. The van der Waals surface area contributed by atoms with Gasteiger partial charge in [-0.15, -0.1) is 0 Å². The van der Waals surface area contributed by atoms with Gasteiger partial charge in [0.2, 0.25) is 0 Å². The van der Waals surface area contributed by atoms with Crippen molar-refractivity contribution in [2.45, 2.75) is 103 Å². The van der Waals surface area contributed by atoms with E-state index in [1.165, 1.54) is 23.2 Å². The molecule has 1 aromatic carbocycles. The number of hydrogen-bond donors (Lipinski definition) is 1. The number of H-pyrrole nitrogens is 1. The molecule has 2 heterocycles. The average Bonchev–Trinajstić information content (AvgIpc) is 3.57. The minimum atomic E-state index is -4.68. The summed E-state index contributed by atoms with van der Waals surface area (Å²) in [6, 6.07) is 2.61. The van der Waals surface area contributed by atoms with E-state index in [-0.39, 0.29) is 50.8 Å². The fourth-order valence-electron chi connectivity index (χ4n) is 9.34. The standard InChI is InChI=1S/C20H22F4N2O.C12H18N2O/c1-18(2)13-7-8-19(18,3)16-15(13)17(27)26(25(16)4)10-11-5-6-12(21)9-14(11)20(22,23)24;1-11(2)7-5-6-12(11,3)9-8(7)10(15)13-14(9)4/h5-6,9,13H,7-8,10H2,1-4H3;7H,5-6H2,1-4H3,(H,13,15)/t13-,19+;7-,12+/m11/s1. The first-order valence-electron chi connectivity index (χ1n) is 14.7. The van der Waals surface area contributed by atoms with Crippen molar-refractivity contribution in [1.29, 1.82) is 0 Å². The summed E-state index contributed by atoms with van der Waals surface area (Å²) in [6.07, 6.45) is -0.423. The molecule has 0 spiro atoms. The molecule has 4 aliphatic carbocycles. The van der Waals surface area contributed by atoms with Crippen LogP contribution >= 0.6 is 0 Å². The number of hydrogen-bond acceptors (Lipinski definition) is 2. The van der Waals surface area contributed by atoms with Crippen LogP contribution in [0.4, 0.5) is 17.6 Å². The van der Waals surface area contributed by atoms with Gasteiger partial charge in [-0.05, 0) is 66.0 Å². The highest BCUT2D eigenvalue weighted by atomic mass is 19.4. The Morgan fingerprint density at radius 2 is 1.43 bits per heavy atom. The molecule has 0 aliphatic heterocycles. The number of halogens is 4. The van der Waals surface area contributed by atoms with Crippen LogP contribution < -0.4 is 11.1 Å². The van der Waals surface area contributed by atoms with Gasteiger partial charge in [0.05, 0.1) is 17.8 Å². The Kier molecular flexibility index (Phi) is 5.90. The third kappa shape index (κ3) is 3.43. The Hall–Kier alpha value is -3.04. The van der Waals surface area contributed by atoms with Crippen molar-refractivity contribution in [3.8, 4) is 0 Å². The molecule has 0 saturated heterocycles. The van der Waals surface area contributed by atoms with Gasteiger partial charge in [-0.2, -0.15) is 13.2 Å². The maximum absolute atomic E-state index is 13.4. The Morgan fingerprint density at radius 1 is 0.881 bits per heavy atom. The van der Waals surface area contributed by atoms with Crippen molar-refractivity contribution in [3.63, 3.8) is 0 Å². The molecule has 2 aromatic heterocycles. The van der Waals surface area contributed by atoms with Crippen molar-refractivity contribution in [1.82, 2.24) is 19.1 Å². The SMILES string of the molecule is Cn1[nH]c(=O)c2c1[C@]1(C)CC[C@H]2C1(C)C.Cn1c2c(c(=O)n1Cc1ccc(F)cc1C(F)(F)F)[C@H]1CC[C@]2(C)C1(C)C. The summed E-state index contributed by atoms with van der Waals surface area (Å²) < 4.78 is 58.4. The highest BCUT2D eigenvalue weighted by Crippen LogP contribution is 2.67. The van der Waals surface area contributed by atoms with Gasteiger partial charge in [-0.25, -0.2) is 9.07 Å². The number of fused-ring (bicyclic) bond motifs is 10. The molecule has 42 heavy (non-hydrogen) atoms. The van der Waals surface area contributed by atoms with Gasteiger partial charge in [0, 0.05) is 41.7 Å². The number of benzene rings is 1. The molecule has 4 bridgehead atoms. The second kappa shape index (κ2) is 8.53.